The molecule has 1 saturated heterocycles. The standard InChI is InChI=1S/C25H31NO7/c1-15-22(25(29)33-14-17-5-4-11-31-17)23(24-18(26-15)6-3-7-19(24)28)16-8-9-20(32-12-10-27)21(13-16)30-2/h8-9,13,17,23,26-27H,3-7,10-12,14H2,1-2H3. The maximum Gasteiger partial charge on any atom is 0.336 e. The van der Waals surface area contributed by atoms with Gasteiger partial charge in [0.2, 0.25) is 0 Å². The number of carbonyl (C=O) groups excluding carboxylic acids is 2. The fourth-order valence-electron chi connectivity index (χ4n) is 4.75. The summed E-state index contributed by atoms with van der Waals surface area (Å²) in [6, 6.07) is 5.36. The van der Waals surface area contributed by atoms with Crippen molar-refractivity contribution < 1.29 is 33.6 Å². The molecule has 2 heterocycles. The zero-order valence-corrected chi connectivity index (χ0v) is 19.1. The van der Waals surface area contributed by atoms with Crippen LogP contribution in [0, 0.1) is 0 Å². The quantitative estimate of drug-likeness (QED) is 0.575. The molecule has 0 saturated carbocycles. The lowest BCUT2D eigenvalue weighted by molar-refractivity contribution is -0.142. The Morgan fingerprint density at radius 2 is 2.09 bits per heavy atom. The van der Waals surface area contributed by atoms with E-state index in [1.165, 1.54) is 7.11 Å². The Labute approximate surface area is 193 Å². The van der Waals surface area contributed by atoms with Gasteiger partial charge >= 0.3 is 5.97 Å². The van der Waals surface area contributed by atoms with Gasteiger partial charge in [-0.3, -0.25) is 4.79 Å². The zero-order valence-electron chi connectivity index (χ0n) is 19.1. The molecule has 2 atom stereocenters. The van der Waals surface area contributed by atoms with Crippen molar-refractivity contribution in [2.24, 2.45) is 0 Å². The Kier molecular flexibility index (Phi) is 7.35. The van der Waals surface area contributed by atoms with Crippen LogP contribution in [-0.4, -0.2) is 56.5 Å². The van der Waals surface area contributed by atoms with Gasteiger partial charge in [0.15, 0.2) is 17.3 Å². The number of nitrogens with one attached hydrogen (secondary N) is 1. The molecule has 1 aromatic carbocycles. The summed E-state index contributed by atoms with van der Waals surface area (Å²) in [5.41, 5.74) is 3.33. The lowest BCUT2D eigenvalue weighted by Gasteiger charge is -2.34. The number of ether oxygens (including phenoxy) is 4. The second kappa shape index (κ2) is 10.4. The number of aliphatic hydroxyl groups is 1. The molecule has 3 aliphatic rings. The molecule has 1 aliphatic carbocycles. The molecule has 1 aromatic rings. The SMILES string of the molecule is COc1cc(C2C(C(=O)OCC3CCCO3)=C(C)NC3=C2C(=O)CCC3)ccc1OCCO. The highest BCUT2D eigenvalue weighted by Gasteiger charge is 2.39. The van der Waals surface area contributed by atoms with Gasteiger partial charge in [0.25, 0.3) is 0 Å². The number of dihydropyridines is 1. The molecule has 0 amide bonds. The van der Waals surface area contributed by atoms with Crippen LogP contribution in [0.2, 0.25) is 0 Å². The number of hydrogen-bond donors (Lipinski definition) is 2. The molecule has 4 rings (SSSR count). The van der Waals surface area contributed by atoms with E-state index in [4.69, 9.17) is 24.1 Å². The average Bonchev–Trinajstić information content (AvgIpc) is 3.34. The van der Waals surface area contributed by atoms with Crippen LogP contribution in [0.1, 0.15) is 50.5 Å². The number of esters is 1. The second-order valence-electron chi connectivity index (χ2n) is 8.48. The molecule has 2 unspecified atom stereocenters. The first-order valence-corrected chi connectivity index (χ1v) is 11.5. The predicted octanol–water partition coefficient (Wildman–Crippen LogP) is 2.76. The minimum atomic E-state index is -0.563. The van der Waals surface area contributed by atoms with Crippen LogP contribution in [0.3, 0.4) is 0 Å². The lowest BCUT2D eigenvalue weighted by Crippen LogP contribution is -2.35. The monoisotopic (exact) mass is 457 g/mol. The molecule has 8 nitrogen and oxygen atoms in total. The number of allylic oxidation sites excluding steroid dienone is 3. The van der Waals surface area contributed by atoms with Gasteiger partial charge in [-0.25, -0.2) is 4.79 Å². The summed E-state index contributed by atoms with van der Waals surface area (Å²) in [6.07, 6.45) is 3.72. The molecule has 33 heavy (non-hydrogen) atoms. The maximum absolute atomic E-state index is 13.3. The Bertz CT molecular complexity index is 975. The number of rotatable bonds is 8. The molecule has 2 N–H and O–H groups in total. The van der Waals surface area contributed by atoms with Gasteiger partial charge in [0.05, 0.1) is 25.4 Å². The van der Waals surface area contributed by atoms with Crippen molar-refractivity contribution in [3.05, 3.63) is 46.3 Å². The largest absolute Gasteiger partial charge is 0.493 e. The molecule has 0 spiro atoms. The first-order valence-electron chi connectivity index (χ1n) is 11.5. The van der Waals surface area contributed by atoms with Crippen LogP contribution < -0.4 is 14.8 Å². The fraction of sp³-hybridized carbons (Fsp3) is 0.520. The van der Waals surface area contributed by atoms with Crippen LogP contribution in [0.15, 0.2) is 40.7 Å². The van der Waals surface area contributed by atoms with E-state index >= 15 is 0 Å². The minimum absolute atomic E-state index is 0.0326. The van der Waals surface area contributed by atoms with Crippen LogP contribution in [0.5, 0.6) is 11.5 Å². The highest BCUT2D eigenvalue weighted by molar-refractivity contribution is 6.03. The Morgan fingerprint density at radius 1 is 1.24 bits per heavy atom. The summed E-state index contributed by atoms with van der Waals surface area (Å²) in [6.45, 7) is 2.74. The summed E-state index contributed by atoms with van der Waals surface area (Å²) in [7, 11) is 1.53. The van der Waals surface area contributed by atoms with E-state index in [1.807, 2.05) is 13.0 Å². The number of Topliss-reactive ketones (excluding diaryl/α,β-unsaturated/α-hetero) is 1. The van der Waals surface area contributed by atoms with Crippen LogP contribution in [0.4, 0.5) is 0 Å². The summed E-state index contributed by atoms with van der Waals surface area (Å²) >= 11 is 0. The van der Waals surface area contributed by atoms with E-state index in [-0.39, 0.29) is 31.7 Å². The molecule has 1 fully saturated rings. The van der Waals surface area contributed by atoms with Gasteiger partial charge in [-0.05, 0) is 50.3 Å². The van der Waals surface area contributed by atoms with Gasteiger partial charge in [-0.15, -0.1) is 0 Å². The van der Waals surface area contributed by atoms with Crippen molar-refractivity contribution in [1.29, 1.82) is 0 Å². The van der Waals surface area contributed by atoms with E-state index < -0.39 is 11.9 Å². The number of hydrogen-bond acceptors (Lipinski definition) is 8. The second-order valence-corrected chi connectivity index (χ2v) is 8.48. The lowest BCUT2D eigenvalue weighted by atomic mass is 9.75. The summed E-state index contributed by atoms with van der Waals surface area (Å²) in [4.78, 5) is 26.3. The third kappa shape index (κ3) is 4.91. The fourth-order valence-corrected chi connectivity index (χ4v) is 4.75. The third-order valence-corrected chi connectivity index (χ3v) is 6.29. The van der Waals surface area contributed by atoms with Crippen molar-refractivity contribution in [2.45, 2.75) is 51.0 Å². The normalized spacial score (nSPS) is 22.7. The highest BCUT2D eigenvalue weighted by atomic mass is 16.6. The Balaban J connectivity index is 1.70. The Hall–Kier alpha value is -2.84. The average molecular weight is 458 g/mol. The molecule has 2 aliphatic heterocycles. The molecule has 178 valence electrons. The van der Waals surface area contributed by atoms with Gasteiger partial charge in [-0.1, -0.05) is 6.07 Å². The van der Waals surface area contributed by atoms with Crippen LogP contribution >= 0.6 is 0 Å². The van der Waals surface area contributed by atoms with E-state index in [0.717, 1.165) is 36.9 Å². The summed E-state index contributed by atoms with van der Waals surface area (Å²) < 4.78 is 22.3. The van der Waals surface area contributed by atoms with Crippen LogP contribution in [0.25, 0.3) is 0 Å². The molecular weight excluding hydrogens is 426 g/mol. The van der Waals surface area contributed by atoms with Gasteiger partial charge < -0.3 is 29.4 Å². The summed E-state index contributed by atoms with van der Waals surface area (Å²) in [5.74, 6) is -0.0340. The smallest absolute Gasteiger partial charge is 0.336 e. The number of ketones is 1. The van der Waals surface area contributed by atoms with Crippen molar-refractivity contribution in [3.63, 3.8) is 0 Å². The zero-order chi connectivity index (χ0) is 23.4. The van der Waals surface area contributed by atoms with Crippen molar-refractivity contribution in [2.75, 3.05) is 33.5 Å². The topological polar surface area (TPSA) is 103 Å². The first kappa shape index (κ1) is 23.3. The number of benzene rings is 1. The van der Waals surface area contributed by atoms with E-state index in [0.29, 0.717) is 41.4 Å². The van der Waals surface area contributed by atoms with Gasteiger partial charge in [0.1, 0.15) is 13.2 Å². The van der Waals surface area contributed by atoms with E-state index in [9.17, 15) is 9.59 Å². The number of carbonyl (C=O) groups is 2. The molecule has 0 bridgehead atoms. The predicted molar refractivity (Wildman–Crippen MR) is 120 cm³/mol. The van der Waals surface area contributed by atoms with E-state index in [1.54, 1.807) is 12.1 Å². The Morgan fingerprint density at radius 3 is 2.82 bits per heavy atom. The van der Waals surface area contributed by atoms with Crippen LogP contribution in [-0.2, 0) is 19.1 Å². The first-order chi connectivity index (χ1) is 16.0. The molecular formula is C25H31NO7. The maximum atomic E-state index is 13.3. The minimum Gasteiger partial charge on any atom is -0.493 e. The van der Waals surface area contributed by atoms with E-state index in [2.05, 4.69) is 5.32 Å². The van der Waals surface area contributed by atoms with Crippen molar-refractivity contribution in [1.82, 2.24) is 5.32 Å². The van der Waals surface area contributed by atoms with Gasteiger partial charge in [-0.2, -0.15) is 0 Å². The highest BCUT2D eigenvalue weighted by Crippen LogP contribution is 2.44. The molecule has 8 heteroatoms. The number of methoxy groups -OCH3 is 1. The van der Waals surface area contributed by atoms with Gasteiger partial charge in [0, 0.05) is 35.9 Å². The molecule has 0 aromatic heterocycles. The number of aliphatic hydroxyl groups excluding tert-OH is 1. The van der Waals surface area contributed by atoms with Crippen molar-refractivity contribution >= 4 is 11.8 Å². The van der Waals surface area contributed by atoms with Crippen molar-refractivity contribution in [3.8, 4) is 11.5 Å². The molecule has 0 radical (unpaired) electrons. The summed E-state index contributed by atoms with van der Waals surface area (Å²) in [5, 5.41) is 12.4. The third-order valence-electron chi connectivity index (χ3n) is 6.29.